The van der Waals surface area contributed by atoms with Crippen molar-refractivity contribution in [2.75, 3.05) is 25.1 Å². The molecule has 29 heavy (non-hydrogen) atoms. The lowest BCUT2D eigenvalue weighted by Crippen LogP contribution is -2.29. The van der Waals surface area contributed by atoms with E-state index < -0.39 is 0 Å². The van der Waals surface area contributed by atoms with Gasteiger partial charge in [-0.1, -0.05) is 24.3 Å². The van der Waals surface area contributed by atoms with Crippen molar-refractivity contribution in [2.45, 2.75) is 6.54 Å². The third-order valence-corrected chi connectivity index (χ3v) is 6.15. The summed E-state index contributed by atoms with van der Waals surface area (Å²) < 4.78 is 6.48. The average Bonchev–Trinajstić information content (AvgIpc) is 3.38. The molecule has 0 unspecified atom stereocenters. The molecule has 146 valence electrons. The number of benzene rings is 2. The van der Waals surface area contributed by atoms with E-state index in [1.54, 1.807) is 7.11 Å². The van der Waals surface area contributed by atoms with E-state index in [9.17, 15) is 4.79 Å². The normalized spacial score (nSPS) is 13.8. The number of ether oxygens (including phenoxy) is 1. The predicted octanol–water partition coefficient (Wildman–Crippen LogP) is 2.84. The fourth-order valence-corrected chi connectivity index (χ4v) is 4.70. The first-order valence-corrected chi connectivity index (χ1v) is 10.0. The molecule has 0 radical (unpaired) electrons. The molecular formula is C20H18N6O2S. The van der Waals surface area contributed by atoms with Gasteiger partial charge in [0.15, 0.2) is 0 Å². The molecule has 0 atom stereocenters. The number of amides is 1. The molecule has 2 N–H and O–H groups in total. The number of carbonyl (C=O) groups excluding carboxylic acids is 1. The molecule has 1 amide bonds. The van der Waals surface area contributed by atoms with Crippen LogP contribution in [0.25, 0.3) is 21.5 Å². The van der Waals surface area contributed by atoms with Crippen LogP contribution in [0, 0.1) is 0 Å². The minimum absolute atomic E-state index is 0.0184. The van der Waals surface area contributed by atoms with E-state index in [0.717, 1.165) is 44.1 Å². The molecule has 8 nitrogen and oxygen atoms in total. The third kappa shape index (κ3) is 3.19. The molecule has 9 heteroatoms. The van der Waals surface area contributed by atoms with Gasteiger partial charge in [-0.2, -0.15) is 5.21 Å². The second kappa shape index (κ2) is 7.17. The highest BCUT2D eigenvalue weighted by atomic mass is 32.1. The molecular weight excluding hydrogens is 388 g/mol. The van der Waals surface area contributed by atoms with Crippen molar-refractivity contribution in [3.05, 3.63) is 52.9 Å². The number of anilines is 1. The number of hydrogen-bond donors (Lipinski definition) is 2. The van der Waals surface area contributed by atoms with Crippen LogP contribution in [-0.2, 0) is 6.54 Å². The van der Waals surface area contributed by atoms with E-state index in [1.165, 1.54) is 11.3 Å². The highest BCUT2D eigenvalue weighted by Crippen LogP contribution is 2.41. The number of tetrazole rings is 1. The number of aromatic amines is 1. The van der Waals surface area contributed by atoms with E-state index >= 15 is 0 Å². The van der Waals surface area contributed by atoms with E-state index in [2.05, 4.69) is 43.0 Å². The molecule has 1 aliphatic heterocycles. The number of aromatic nitrogens is 4. The smallest absolute Gasteiger partial charge is 0.263 e. The number of H-pyrrole nitrogens is 1. The Morgan fingerprint density at radius 1 is 1.21 bits per heavy atom. The molecule has 1 aliphatic rings. The number of hydrogen-bond acceptors (Lipinski definition) is 7. The number of thiophene rings is 1. The summed E-state index contributed by atoms with van der Waals surface area (Å²) in [6.07, 6.45) is 0. The fraction of sp³-hybridized carbons (Fsp3) is 0.200. The van der Waals surface area contributed by atoms with Crippen LogP contribution in [0.4, 0.5) is 5.69 Å². The zero-order chi connectivity index (χ0) is 19.8. The van der Waals surface area contributed by atoms with Crippen LogP contribution < -0.4 is 15.0 Å². The van der Waals surface area contributed by atoms with Gasteiger partial charge in [0.2, 0.25) is 5.82 Å². The maximum absolute atomic E-state index is 12.6. The Balaban J connectivity index is 1.52. The lowest BCUT2D eigenvalue weighted by molar-refractivity contribution is 0.0962. The van der Waals surface area contributed by atoms with Crippen molar-refractivity contribution < 1.29 is 9.53 Å². The number of rotatable bonds is 4. The minimum Gasteiger partial charge on any atom is -0.497 e. The van der Waals surface area contributed by atoms with Crippen LogP contribution in [0.1, 0.15) is 15.2 Å². The maximum atomic E-state index is 12.6. The second-order valence-corrected chi connectivity index (χ2v) is 7.80. The zero-order valence-corrected chi connectivity index (χ0v) is 16.5. The number of nitrogens with one attached hydrogen (secondary N) is 2. The van der Waals surface area contributed by atoms with Gasteiger partial charge in [-0.05, 0) is 29.0 Å². The van der Waals surface area contributed by atoms with Gasteiger partial charge in [0.1, 0.15) is 10.6 Å². The monoisotopic (exact) mass is 406 g/mol. The van der Waals surface area contributed by atoms with E-state index in [0.29, 0.717) is 18.9 Å². The summed E-state index contributed by atoms with van der Waals surface area (Å²) in [4.78, 5) is 15.6. The molecule has 0 bridgehead atoms. The summed E-state index contributed by atoms with van der Waals surface area (Å²) >= 11 is 1.52. The largest absolute Gasteiger partial charge is 0.497 e. The first-order valence-electron chi connectivity index (χ1n) is 9.19. The van der Waals surface area contributed by atoms with Gasteiger partial charge >= 0.3 is 0 Å². The van der Waals surface area contributed by atoms with E-state index in [1.807, 2.05) is 30.3 Å². The van der Waals surface area contributed by atoms with Crippen molar-refractivity contribution in [3.8, 4) is 17.1 Å². The summed E-state index contributed by atoms with van der Waals surface area (Å²) in [5, 5.41) is 18.1. The molecule has 0 spiro atoms. The van der Waals surface area contributed by atoms with Gasteiger partial charge < -0.3 is 15.0 Å². The standard InChI is InChI=1S/C20H18N6O2S/c1-28-14-6-7-16-15(10-14)17-18(29-16)20(27)21-8-9-26(17)11-12-2-4-13(5-3-12)19-22-24-25-23-19/h2-7,10H,8-9,11H2,1H3,(H,21,27)(H,22,23,24,25). The van der Waals surface area contributed by atoms with Crippen LogP contribution >= 0.6 is 11.3 Å². The molecule has 4 aromatic rings. The predicted molar refractivity (Wildman–Crippen MR) is 111 cm³/mol. The Morgan fingerprint density at radius 2 is 2.07 bits per heavy atom. The van der Waals surface area contributed by atoms with Crippen LogP contribution in [0.2, 0.25) is 0 Å². The molecule has 0 fully saturated rings. The highest BCUT2D eigenvalue weighted by molar-refractivity contribution is 7.21. The van der Waals surface area contributed by atoms with Gasteiger partial charge in [-0.3, -0.25) is 4.79 Å². The fourth-order valence-electron chi connectivity index (χ4n) is 3.58. The van der Waals surface area contributed by atoms with Crippen molar-refractivity contribution >= 4 is 33.0 Å². The number of nitrogens with zero attached hydrogens (tertiary/aromatic N) is 4. The van der Waals surface area contributed by atoms with Crippen molar-refractivity contribution in [1.82, 2.24) is 25.9 Å². The van der Waals surface area contributed by atoms with E-state index in [4.69, 9.17) is 4.74 Å². The molecule has 2 aromatic heterocycles. The van der Waals surface area contributed by atoms with Crippen LogP contribution in [0.3, 0.4) is 0 Å². The van der Waals surface area contributed by atoms with Gasteiger partial charge in [-0.15, -0.1) is 21.5 Å². The van der Waals surface area contributed by atoms with Crippen molar-refractivity contribution in [1.29, 1.82) is 0 Å². The van der Waals surface area contributed by atoms with Crippen molar-refractivity contribution in [2.24, 2.45) is 0 Å². The molecule has 0 saturated heterocycles. The van der Waals surface area contributed by atoms with Crippen LogP contribution in [0.5, 0.6) is 5.75 Å². The average molecular weight is 406 g/mol. The second-order valence-electron chi connectivity index (χ2n) is 6.75. The Kier molecular flexibility index (Phi) is 4.36. The minimum atomic E-state index is -0.0184. The van der Waals surface area contributed by atoms with Crippen LogP contribution in [0.15, 0.2) is 42.5 Å². The van der Waals surface area contributed by atoms with E-state index in [-0.39, 0.29) is 5.91 Å². The Morgan fingerprint density at radius 3 is 2.83 bits per heavy atom. The highest BCUT2D eigenvalue weighted by Gasteiger charge is 2.26. The maximum Gasteiger partial charge on any atom is 0.263 e. The summed E-state index contributed by atoms with van der Waals surface area (Å²) in [5.41, 5.74) is 3.02. The summed E-state index contributed by atoms with van der Waals surface area (Å²) in [5.74, 6) is 1.33. The molecule has 0 saturated carbocycles. The zero-order valence-electron chi connectivity index (χ0n) is 15.7. The summed E-state index contributed by atoms with van der Waals surface area (Å²) in [7, 11) is 1.65. The Bertz CT molecular complexity index is 1170. The van der Waals surface area contributed by atoms with Crippen molar-refractivity contribution in [3.63, 3.8) is 0 Å². The number of carbonyl (C=O) groups is 1. The topological polar surface area (TPSA) is 96.0 Å². The first kappa shape index (κ1) is 17.6. The lowest BCUT2D eigenvalue weighted by atomic mass is 10.1. The van der Waals surface area contributed by atoms with Gasteiger partial charge in [-0.25, -0.2) is 0 Å². The SMILES string of the molecule is COc1ccc2sc3c(c2c1)N(Cc1ccc(-c2nn[nH]n2)cc1)CCNC3=O. The number of methoxy groups -OCH3 is 1. The number of fused-ring (bicyclic) bond motifs is 3. The summed E-state index contributed by atoms with van der Waals surface area (Å²) in [6, 6.07) is 14.0. The third-order valence-electron chi connectivity index (χ3n) is 4.99. The molecule has 3 heterocycles. The molecule has 5 rings (SSSR count). The molecule has 0 aliphatic carbocycles. The van der Waals surface area contributed by atoms with Crippen LogP contribution in [-0.4, -0.2) is 46.7 Å². The first-order chi connectivity index (χ1) is 14.2. The Hall–Kier alpha value is -3.46. The van der Waals surface area contributed by atoms with Gasteiger partial charge in [0, 0.05) is 35.3 Å². The summed E-state index contributed by atoms with van der Waals surface area (Å²) in [6.45, 7) is 2.03. The van der Waals surface area contributed by atoms with Gasteiger partial charge in [0.25, 0.3) is 5.91 Å². The Labute approximate surface area is 170 Å². The quantitative estimate of drug-likeness (QED) is 0.541. The lowest BCUT2D eigenvalue weighted by Gasteiger charge is -2.23. The van der Waals surface area contributed by atoms with Gasteiger partial charge in [0.05, 0.1) is 12.8 Å². The molecule has 2 aromatic carbocycles.